The van der Waals surface area contributed by atoms with Gasteiger partial charge in [-0.05, 0) is 82.4 Å². The Morgan fingerprint density at radius 3 is 2.71 bits per heavy atom. The third kappa shape index (κ3) is 7.26. The summed E-state index contributed by atoms with van der Waals surface area (Å²) in [5.41, 5.74) is 2.97. The molecule has 2 rings (SSSR count). The van der Waals surface area contributed by atoms with E-state index >= 15 is 0 Å². The fraction of sp³-hybridized carbons (Fsp3) is 0.458. The number of rotatable bonds is 11. The molecule has 0 aromatic carbocycles. The van der Waals surface area contributed by atoms with E-state index in [1.807, 2.05) is 18.4 Å². The Labute approximate surface area is 168 Å². The maximum Gasteiger partial charge on any atom is 0.343 e. The highest BCUT2D eigenvalue weighted by Gasteiger charge is 2.26. The van der Waals surface area contributed by atoms with Crippen molar-refractivity contribution < 1.29 is 19.1 Å². The van der Waals surface area contributed by atoms with Crippen molar-refractivity contribution in [3.05, 3.63) is 71.1 Å². The zero-order chi connectivity index (χ0) is 20.4. The molecular weight excluding hydrogens is 352 g/mol. The topological polar surface area (TPSA) is 59.7 Å². The van der Waals surface area contributed by atoms with Crippen molar-refractivity contribution in [3.8, 4) is 0 Å². The lowest BCUT2D eigenvalue weighted by Gasteiger charge is -2.06. The second-order valence-corrected chi connectivity index (χ2v) is 7.53. The lowest BCUT2D eigenvalue weighted by molar-refractivity contribution is -0.133. The van der Waals surface area contributed by atoms with E-state index in [9.17, 15) is 9.90 Å². The van der Waals surface area contributed by atoms with Crippen LogP contribution in [0.1, 0.15) is 64.9 Å². The van der Waals surface area contributed by atoms with Gasteiger partial charge in [-0.3, -0.25) is 0 Å². The quantitative estimate of drug-likeness (QED) is 0.266. The maximum atomic E-state index is 11.4. The molecule has 1 unspecified atom stereocenters. The van der Waals surface area contributed by atoms with E-state index in [0.717, 1.165) is 44.9 Å². The normalized spacial score (nSPS) is 17.8. The van der Waals surface area contributed by atoms with E-state index in [2.05, 4.69) is 32.1 Å². The number of furan rings is 1. The van der Waals surface area contributed by atoms with E-state index in [4.69, 9.17) is 9.15 Å². The number of ether oxygens (including phenoxy) is 1. The van der Waals surface area contributed by atoms with Crippen LogP contribution < -0.4 is 0 Å². The van der Waals surface area contributed by atoms with Gasteiger partial charge in [0.15, 0.2) is 11.5 Å². The summed E-state index contributed by atoms with van der Waals surface area (Å²) in [6.07, 6.45) is 19.5. The van der Waals surface area contributed by atoms with E-state index < -0.39 is 5.97 Å². The number of allylic oxidation sites excluding steroid dienone is 5. The van der Waals surface area contributed by atoms with E-state index in [1.54, 1.807) is 13.2 Å². The second kappa shape index (κ2) is 11.4. The lowest BCUT2D eigenvalue weighted by Crippen LogP contribution is -1.97. The van der Waals surface area contributed by atoms with E-state index in [1.165, 1.54) is 11.1 Å². The van der Waals surface area contributed by atoms with Crippen molar-refractivity contribution in [1.82, 2.24) is 0 Å². The van der Waals surface area contributed by atoms with E-state index in [0.29, 0.717) is 5.76 Å². The summed E-state index contributed by atoms with van der Waals surface area (Å²) in [4.78, 5) is 11.4. The van der Waals surface area contributed by atoms with Crippen molar-refractivity contribution in [2.45, 2.75) is 65.7 Å². The fourth-order valence-corrected chi connectivity index (χ4v) is 3.09. The number of aliphatic hydroxyl groups excluding tert-OH is 1. The number of cyclic esters (lactones) is 1. The molecule has 1 aromatic rings. The number of carbonyl (C=O) groups excluding carboxylic acids is 1. The Morgan fingerprint density at radius 2 is 2.04 bits per heavy atom. The number of aryl methyl sites for hydroxylation is 1. The maximum absolute atomic E-state index is 11.4. The molecule has 0 bridgehead atoms. The average Bonchev–Trinajstić information content (AvgIpc) is 3.26. The second-order valence-electron chi connectivity index (χ2n) is 7.53. The minimum absolute atomic E-state index is 0.0232. The molecule has 0 fully saturated rings. The van der Waals surface area contributed by atoms with Crippen molar-refractivity contribution in [3.63, 3.8) is 0 Å². The monoisotopic (exact) mass is 384 g/mol. The van der Waals surface area contributed by atoms with Gasteiger partial charge in [0.05, 0.1) is 18.1 Å². The minimum Gasteiger partial charge on any atom is -0.504 e. The summed E-state index contributed by atoms with van der Waals surface area (Å²) >= 11 is 0. The highest BCUT2D eigenvalue weighted by molar-refractivity contribution is 5.93. The number of hydrogen-bond acceptors (Lipinski definition) is 4. The number of esters is 1. The van der Waals surface area contributed by atoms with Crippen molar-refractivity contribution in [2.24, 2.45) is 5.92 Å². The van der Waals surface area contributed by atoms with E-state index in [-0.39, 0.29) is 17.3 Å². The third-order valence-electron chi connectivity index (χ3n) is 4.94. The Kier molecular flexibility index (Phi) is 8.86. The largest absolute Gasteiger partial charge is 0.504 e. The van der Waals surface area contributed by atoms with Gasteiger partial charge >= 0.3 is 5.97 Å². The Morgan fingerprint density at radius 1 is 1.25 bits per heavy atom. The predicted octanol–water partition coefficient (Wildman–Crippen LogP) is 6.57. The summed E-state index contributed by atoms with van der Waals surface area (Å²) < 4.78 is 10.1. The highest BCUT2D eigenvalue weighted by Crippen LogP contribution is 2.25. The molecule has 1 aromatic heterocycles. The zero-order valence-corrected chi connectivity index (χ0v) is 17.2. The summed E-state index contributed by atoms with van der Waals surface area (Å²) in [6.45, 7) is 5.84. The summed E-state index contributed by atoms with van der Waals surface area (Å²) in [7, 11) is 0. The molecule has 1 aliphatic heterocycles. The first-order valence-electron chi connectivity index (χ1n) is 10.1. The molecule has 28 heavy (non-hydrogen) atoms. The number of carbonyl (C=O) groups is 1. The first-order chi connectivity index (χ1) is 13.5. The van der Waals surface area contributed by atoms with Crippen molar-refractivity contribution in [1.29, 1.82) is 0 Å². The molecule has 152 valence electrons. The van der Waals surface area contributed by atoms with Crippen LogP contribution in [0.5, 0.6) is 0 Å². The van der Waals surface area contributed by atoms with Gasteiger partial charge in [-0.2, -0.15) is 0 Å². The molecule has 0 amide bonds. The van der Waals surface area contributed by atoms with Gasteiger partial charge in [-0.1, -0.05) is 30.7 Å². The summed E-state index contributed by atoms with van der Waals surface area (Å²) in [6, 6.07) is 2.02. The zero-order valence-electron chi connectivity index (χ0n) is 17.2. The van der Waals surface area contributed by atoms with Crippen molar-refractivity contribution in [2.75, 3.05) is 0 Å². The minimum atomic E-state index is -0.454. The standard InChI is InChI=1S/C24H32O4/c1-18(12-9-13-21-14-15-27-17-21)10-7-5-4-6-8-11-19(2)16-22-23(25)20(3)24(26)28-22/h4-5,12,14-17,19,25H,6-11,13H2,1-3H3/b5-4-,18-12-,22-16-. The molecular formula is C24H32O4. The molecule has 0 saturated carbocycles. The van der Waals surface area contributed by atoms with Crippen LogP contribution >= 0.6 is 0 Å². The number of aliphatic hydroxyl groups is 1. The molecule has 1 aliphatic rings. The van der Waals surface area contributed by atoms with Gasteiger partial charge in [0.1, 0.15) is 0 Å². The van der Waals surface area contributed by atoms with Gasteiger partial charge in [0.25, 0.3) is 0 Å². The lowest BCUT2D eigenvalue weighted by atomic mass is 10.0. The first kappa shape index (κ1) is 21.8. The highest BCUT2D eigenvalue weighted by atomic mass is 16.6. The number of unbranched alkanes of at least 4 members (excludes halogenated alkanes) is 1. The van der Waals surface area contributed by atoms with Crippen LogP contribution in [0.25, 0.3) is 0 Å². The molecule has 0 spiro atoms. The smallest absolute Gasteiger partial charge is 0.343 e. The SMILES string of the molecule is CC1=C(O)/C(=C/C(C)CCC/C=C\CC/C(C)=C\CCc2ccoc2)OC1=O. The first-order valence-corrected chi connectivity index (χ1v) is 10.1. The van der Waals surface area contributed by atoms with Gasteiger partial charge in [0.2, 0.25) is 0 Å². The Bertz CT molecular complexity index is 748. The third-order valence-corrected chi connectivity index (χ3v) is 4.94. The molecule has 4 heteroatoms. The van der Waals surface area contributed by atoms with Crippen LogP contribution in [0.15, 0.2) is 70.0 Å². The Hall–Kier alpha value is -2.49. The average molecular weight is 385 g/mol. The number of hydrogen-bond donors (Lipinski definition) is 1. The van der Waals surface area contributed by atoms with Gasteiger partial charge in [0, 0.05) is 0 Å². The van der Waals surface area contributed by atoms with Crippen molar-refractivity contribution >= 4 is 5.97 Å². The summed E-state index contributed by atoms with van der Waals surface area (Å²) in [5.74, 6) is 0.0832. The molecule has 1 atom stereocenters. The molecule has 4 nitrogen and oxygen atoms in total. The van der Waals surface area contributed by atoms with Crippen LogP contribution in [0.3, 0.4) is 0 Å². The van der Waals surface area contributed by atoms with Gasteiger partial charge in [-0.25, -0.2) is 4.79 Å². The molecule has 0 radical (unpaired) electrons. The van der Waals surface area contributed by atoms with Crippen LogP contribution in [-0.2, 0) is 16.0 Å². The Balaban J connectivity index is 1.56. The predicted molar refractivity (Wildman–Crippen MR) is 112 cm³/mol. The molecule has 2 heterocycles. The van der Waals surface area contributed by atoms with Crippen LogP contribution in [0.4, 0.5) is 0 Å². The molecule has 1 N–H and O–H groups in total. The van der Waals surface area contributed by atoms with Crippen LogP contribution in [-0.4, -0.2) is 11.1 Å². The molecule has 0 saturated heterocycles. The van der Waals surface area contributed by atoms with Crippen LogP contribution in [0.2, 0.25) is 0 Å². The molecule has 0 aliphatic carbocycles. The van der Waals surface area contributed by atoms with Crippen LogP contribution in [0, 0.1) is 5.92 Å². The van der Waals surface area contributed by atoms with Gasteiger partial charge < -0.3 is 14.3 Å². The summed E-state index contributed by atoms with van der Waals surface area (Å²) in [5, 5.41) is 9.84. The van der Waals surface area contributed by atoms with Gasteiger partial charge in [-0.15, -0.1) is 0 Å². The fourth-order valence-electron chi connectivity index (χ4n) is 3.09.